The van der Waals surface area contributed by atoms with E-state index in [4.69, 9.17) is 28.5 Å². The highest BCUT2D eigenvalue weighted by Crippen LogP contribution is 2.20. The Bertz CT molecular complexity index is 1500. The first-order chi connectivity index (χ1) is 17.7. The molecule has 15 heteroatoms. The van der Waals surface area contributed by atoms with Crippen LogP contribution in [0.15, 0.2) is 58.4 Å². The van der Waals surface area contributed by atoms with Gasteiger partial charge in [-0.3, -0.25) is 30.0 Å². The molecule has 0 aliphatic rings. The lowest BCUT2D eigenvalue weighted by Crippen LogP contribution is -2.42. The first kappa shape index (κ1) is 26.6. The minimum atomic E-state index is -1.96. The third-order valence-corrected chi connectivity index (χ3v) is 5.11. The van der Waals surface area contributed by atoms with Gasteiger partial charge in [0.2, 0.25) is 10.9 Å². The topological polar surface area (TPSA) is 224 Å². The number of nitrogens with zero attached hydrogens (tertiary/aromatic N) is 2. The predicted molar refractivity (Wildman–Crippen MR) is 136 cm³/mol. The van der Waals surface area contributed by atoms with Crippen LogP contribution in [0, 0.1) is 0 Å². The molecule has 1 heterocycles. The van der Waals surface area contributed by atoms with E-state index in [0.29, 0.717) is 5.52 Å². The van der Waals surface area contributed by atoms with Crippen molar-refractivity contribution in [3.8, 4) is 0 Å². The molecule has 0 bridgehead atoms. The summed E-state index contributed by atoms with van der Waals surface area (Å²) in [5.41, 5.74) is 7.92. The summed E-state index contributed by atoms with van der Waals surface area (Å²) < 4.78 is 4.72. The number of benzene rings is 2. The molecule has 190 valence electrons. The molecule has 1 atom stereocenters. The number of rotatable bonds is 8. The molecule has 37 heavy (non-hydrogen) atoms. The van der Waals surface area contributed by atoms with E-state index in [0.717, 1.165) is 7.11 Å². The number of para-hydroxylation sites is 3. The Labute approximate surface area is 213 Å². The number of Topliss-reactive ketones (excluding diaryl/α,β-unsaturated/α-hetero) is 1. The fraction of sp³-hybridized carbons (Fsp3) is 0.0909. The highest BCUT2D eigenvalue weighted by molar-refractivity contribution is 7.80. The van der Waals surface area contributed by atoms with Gasteiger partial charge in [-0.05, 0) is 36.5 Å². The summed E-state index contributed by atoms with van der Waals surface area (Å²) in [6, 6.07) is 12.1. The number of thiocarbonyl (C=S) groups is 1. The number of carbonyl (C=O) groups is 4. The number of hydrazone groups is 1. The van der Waals surface area contributed by atoms with Crippen molar-refractivity contribution in [1.82, 2.24) is 20.8 Å². The maximum Gasteiger partial charge on any atom is 0.355 e. The Hall–Kier alpha value is -5.02. The second-order valence-electron chi connectivity index (χ2n) is 7.20. The first-order valence-corrected chi connectivity index (χ1v) is 10.7. The molecular weight excluding hydrogens is 504 g/mol. The van der Waals surface area contributed by atoms with Crippen LogP contribution in [0.3, 0.4) is 0 Å². The van der Waals surface area contributed by atoms with E-state index in [1.54, 1.807) is 24.3 Å². The van der Waals surface area contributed by atoms with Gasteiger partial charge in [-0.1, -0.05) is 24.3 Å². The Morgan fingerprint density at radius 3 is 2.46 bits per heavy atom. The number of amides is 2. The number of ether oxygens (including phenoxy) is 1. The van der Waals surface area contributed by atoms with Crippen LogP contribution in [0.4, 0.5) is 5.69 Å². The van der Waals surface area contributed by atoms with Crippen LogP contribution < -0.4 is 33.3 Å². The van der Waals surface area contributed by atoms with E-state index in [2.05, 4.69) is 31.2 Å². The predicted octanol–water partition coefficient (Wildman–Crippen LogP) is -0.820. The summed E-state index contributed by atoms with van der Waals surface area (Å²) in [5.74, 6) is -1.44. The number of fused-ring (bicyclic) bond motifs is 1. The number of esters is 1. The number of H-pyrrole nitrogens is 1. The molecule has 14 nitrogen and oxygen atoms in total. The number of primary amides is 1. The first-order valence-electron chi connectivity index (χ1n) is 10.3. The molecule has 2 amide bonds. The number of carbonyl (C=O) groups excluding carboxylic acids is 4. The Morgan fingerprint density at radius 2 is 1.78 bits per heavy atom. The zero-order valence-corrected chi connectivity index (χ0v) is 19.9. The number of aromatic nitrogens is 2. The van der Waals surface area contributed by atoms with E-state index < -0.39 is 46.4 Å². The average molecular weight is 525 g/mol. The zero-order chi connectivity index (χ0) is 27.1. The highest BCUT2D eigenvalue weighted by atomic mass is 32.1. The number of hydrogen-bond donors (Lipinski definition) is 6. The number of hydrazine groups is 1. The summed E-state index contributed by atoms with van der Waals surface area (Å²) in [4.78, 5) is 70.6. The van der Waals surface area contributed by atoms with Gasteiger partial charge in [0.1, 0.15) is 11.6 Å². The van der Waals surface area contributed by atoms with Crippen molar-refractivity contribution in [2.45, 2.75) is 5.92 Å². The molecule has 1 unspecified atom stereocenters. The monoisotopic (exact) mass is 524 g/mol. The summed E-state index contributed by atoms with van der Waals surface area (Å²) in [6.45, 7) is 0. The number of anilines is 1. The SMILES string of the molecule is COC(=O)/C(=N\NC(=S)NN)C(C(=O)C(=O)Nc1ccccc1C(N)=O)c1nc2ccccc2[nH]c1=O. The molecule has 0 saturated carbocycles. The van der Waals surface area contributed by atoms with E-state index in [-0.39, 0.29) is 21.9 Å². The lowest BCUT2D eigenvalue weighted by molar-refractivity contribution is -0.136. The molecule has 1 aromatic heterocycles. The molecule has 8 N–H and O–H groups in total. The molecule has 0 saturated heterocycles. The quantitative estimate of drug-likeness (QED) is 0.0533. The smallest absolute Gasteiger partial charge is 0.355 e. The van der Waals surface area contributed by atoms with Crippen molar-refractivity contribution in [2.24, 2.45) is 16.7 Å². The molecule has 0 radical (unpaired) electrons. The van der Waals surface area contributed by atoms with Crippen LogP contribution in [-0.4, -0.2) is 51.5 Å². The number of hydrogen-bond acceptors (Lipinski definition) is 10. The van der Waals surface area contributed by atoms with Gasteiger partial charge in [-0.15, -0.1) is 0 Å². The largest absolute Gasteiger partial charge is 0.464 e. The van der Waals surface area contributed by atoms with Crippen molar-refractivity contribution in [3.05, 3.63) is 70.1 Å². The van der Waals surface area contributed by atoms with Gasteiger partial charge in [-0.2, -0.15) is 5.10 Å². The van der Waals surface area contributed by atoms with Gasteiger partial charge in [0.05, 0.1) is 29.4 Å². The van der Waals surface area contributed by atoms with Crippen LogP contribution in [0.1, 0.15) is 22.0 Å². The second kappa shape index (κ2) is 11.6. The van der Waals surface area contributed by atoms with Crippen LogP contribution in [0.25, 0.3) is 11.0 Å². The summed E-state index contributed by atoms with van der Waals surface area (Å²) >= 11 is 4.83. The molecular formula is C22H20N8O6S. The summed E-state index contributed by atoms with van der Waals surface area (Å²) in [6.07, 6.45) is 0. The van der Waals surface area contributed by atoms with E-state index in [9.17, 15) is 24.0 Å². The third kappa shape index (κ3) is 5.98. The van der Waals surface area contributed by atoms with Crippen molar-refractivity contribution in [3.63, 3.8) is 0 Å². The summed E-state index contributed by atoms with van der Waals surface area (Å²) in [7, 11) is 1.00. The minimum absolute atomic E-state index is 0.0735. The van der Waals surface area contributed by atoms with E-state index in [1.165, 1.54) is 24.3 Å². The number of nitrogens with one attached hydrogen (secondary N) is 4. The van der Waals surface area contributed by atoms with E-state index >= 15 is 0 Å². The van der Waals surface area contributed by atoms with Crippen LogP contribution >= 0.6 is 12.2 Å². The number of ketones is 1. The molecule has 2 aromatic carbocycles. The number of methoxy groups -OCH3 is 1. The van der Waals surface area contributed by atoms with Crippen LogP contribution in [0.5, 0.6) is 0 Å². The highest BCUT2D eigenvalue weighted by Gasteiger charge is 2.39. The normalized spacial score (nSPS) is 11.8. The molecule has 0 aliphatic heterocycles. The fourth-order valence-corrected chi connectivity index (χ4v) is 3.26. The van der Waals surface area contributed by atoms with Crippen molar-refractivity contribution >= 4 is 63.3 Å². The van der Waals surface area contributed by atoms with Crippen molar-refractivity contribution in [1.29, 1.82) is 0 Å². The Balaban J connectivity index is 2.17. The molecule has 3 aromatic rings. The van der Waals surface area contributed by atoms with Crippen molar-refractivity contribution < 1.29 is 23.9 Å². The molecule has 0 fully saturated rings. The van der Waals surface area contributed by atoms with Crippen LogP contribution in [-0.2, 0) is 19.1 Å². The van der Waals surface area contributed by atoms with Gasteiger partial charge in [-0.25, -0.2) is 15.6 Å². The van der Waals surface area contributed by atoms with Gasteiger partial charge < -0.3 is 20.8 Å². The summed E-state index contributed by atoms with van der Waals surface area (Å²) in [5, 5.41) is 5.77. The molecule has 0 aliphatic carbocycles. The Morgan fingerprint density at radius 1 is 1.11 bits per heavy atom. The maximum atomic E-state index is 13.5. The molecule has 3 rings (SSSR count). The zero-order valence-electron chi connectivity index (χ0n) is 19.1. The standard InChI is InChI=1S/C22H20N8O6S/c1-36-21(35)16(29-30-22(37)28-24)14(15-19(33)27-13-9-5-4-8-12(13)25-15)17(31)20(34)26-11-7-3-2-6-10(11)18(23)32/h2-9,14H,24H2,1H3,(H2,23,32)(H,26,34)(H,27,33)(H2,28,30,37)/b29-16-. The number of nitrogens with two attached hydrogens (primary N) is 2. The van der Waals surface area contributed by atoms with Gasteiger partial charge in [0.25, 0.3) is 17.4 Å². The van der Waals surface area contributed by atoms with Gasteiger partial charge >= 0.3 is 5.97 Å². The third-order valence-electron chi connectivity index (χ3n) is 4.90. The average Bonchev–Trinajstić information content (AvgIpc) is 2.90. The van der Waals surface area contributed by atoms with Crippen LogP contribution in [0.2, 0.25) is 0 Å². The fourth-order valence-electron chi connectivity index (χ4n) is 3.22. The lowest BCUT2D eigenvalue weighted by atomic mass is 9.93. The van der Waals surface area contributed by atoms with Gasteiger partial charge in [0, 0.05) is 0 Å². The van der Waals surface area contributed by atoms with E-state index in [1.807, 2.05) is 0 Å². The maximum absolute atomic E-state index is 13.5. The minimum Gasteiger partial charge on any atom is -0.464 e. The second-order valence-corrected chi connectivity index (χ2v) is 7.61. The lowest BCUT2D eigenvalue weighted by Gasteiger charge is -2.17. The number of aromatic amines is 1. The van der Waals surface area contributed by atoms with Crippen molar-refractivity contribution in [2.75, 3.05) is 12.4 Å². The molecule has 0 spiro atoms. The van der Waals surface area contributed by atoms with Gasteiger partial charge in [0.15, 0.2) is 5.71 Å². The Kier molecular flexibility index (Phi) is 8.34.